The van der Waals surface area contributed by atoms with Crippen molar-refractivity contribution in [3.05, 3.63) is 104 Å². The van der Waals surface area contributed by atoms with Crippen LogP contribution in [0.3, 0.4) is 0 Å². The molecule has 44 heavy (non-hydrogen) atoms. The lowest BCUT2D eigenvalue weighted by Crippen LogP contribution is -2.32. The third-order valence-electron chi connectivity index (χ3n) is 7.44. The first-order valence-corrected chi connectivity index (χ1v) is 15.7. The van der Waals surface area contributed by atoms with Crippen LogP contribution in [0.1, 0.15) is 62.4 Å². The number of hydrogen-bond acceptors (Lipinski definition) is 7. The molecule has 0 spiro atoms. The van der Waals surface area contributed by atoms with Gasteiger partial charge in [0, 0.05) is 18.5 Å². The van der Waals surface area contributed by atoms with Crippen molar-refractivity contribution >= 4 is 15.9 Å². The molecule has 0 bridgehead atoms. The second-order valence-corrected chi connectivity index (χ2v) is 11.1. The summed E-state index contributed by atoms with van der Waals surface area (Å²) in [7, 11) is 0. The number of halogens is 3. The van der Waals surface area contributed by atoms with E-state index >= 15 is 0 Å². The van der Waals surface area contributed by atoms with Crippen molar-refractivity contribution < 1.29 is 23.4 Å². The molecule has 2 aromatic carbocycles. The summed E-state index contributed by atoms with van der Waals surface area (Å²) in [6, 6.07) is 14.9. The summed E-state index contributed by atoms with van der Waals surface area (Å²) < 4.78 is 40.2. The molecule has 0 amide bonds. The molecule has 4 heterocycles. The van der Waals surface area contributed by atoms with Crippen molar-refractivity contribution in [3.8, 4) is 22.3 Å². The van der Waals surface area contributed by atoms with E-state index in [-0.39, 0.29) is 35.6 Å². The SMILES string of the molecule is O=c1c(-c2ccc(F)cc2)cc(CBr)nn1C1CCCCO1.O=c1c(-c2ccc(F)cc2)cc(CO)nn1C1CCCCO1. The van der Waals surface area contributed by atoms with Crippen LogP contribution >= 0.6 is 15.9 Å². The van der Waals surface area contributed by atoms with Crippen LogP contribution in [0.5, 0.6) is 0 Å². The van der Waals surface area contributed by atoms with Crippen LogP contribution in [0.2, 0.25) is 0 Å². The highest BCUT2D eigenvalue weighted by molar-refractivity contribution is 9.08. The lowest BCUT2D eigenvalue weighted by atomic mass is 10.1. The Morgan fingerprint density at radius 1 is 0.727 bits per heavy atom. The van der Waals surface area contributed by atoms with Crippen LogP contribution in [-0.2, 0) is 21.4 Å². The fourth-order valence-electron chi connectivity index (χ4n) is 5.17. The van der Waals surface area contributed by atoms with E-state index in [1.807, 2.05) is 0 Å². The summed E-state index contributed by atoms with van der Waals surface area (Å²) in [6.07, 6.45) is 4.72. The van der Waals surface area contributed by atoms with Crippen LogP contribution in [0.25, 0.3) is 22.3 Å². The van der Waals surface area contributed by atoms with E-state index in [9.17, 15) is 23.5 Å². The van der Waals surface area contributed by atoms with E-state index in [0.717, 1.165) is 37.8 Å². The van der Waals surface area contributed by atoms with Gasteiger partial charge < -0.3 is 14.6 Å². The summed E-state index contributed by atoms with van der Waals surface area (Å²) in [5, 5.41) is 18.5. The van der Waals surface area contributed by atoms with Crippen molar-refractivity contribution in [1.82, 2.24) is 19.6 Å². The minimum Gasteiger partial charge on any atom is -0.390 e. The van der Waals surface area contributed by atoms with Gasteiger partial charge in [-0.05, 0) is 86.1 Å². The molecule has 2 unspecified atom stereocenters. The summed E-state index contributed by atoms with van der Waals surface area (Å²) in [5.41, 5.74) is 2.79. The van der Waals surface area contributed by atoms with E-state index in [0.29, 0.717) is 52.9 Å². The minimum atomic E-state index is -0.410. The van der Waals surface area contributed by atoms with Gasteiger partial charge in [-0.1, -0.05) is 40.2 Å². The van der Waals surface area contributed by atoms with Crippen molar-refractivity contribution in [2.75, 3.05) is 13.2 Å². The molecule has 1 N–H and O–H groups in total. The zero-order valence-corrected chi connectivity index (χ0v) is 25.6. The van der Waals surface area contributed by atoms with E-state index < -0.39 is 6.23 Å². The standard InChI is InChI=1S/C16H16BrFN2O2.C16H17FN2O3/c17-10-13-9-14(11-4-6-12(18)7-5-11)16(21)20(19-13)15-3-1-2-8-22-15;17-12-6-4-11(5-7-12)14-9-13(10-20)18-19(16(14)21)15-3-1-2-8-22-15/h4-7,9,15H,1-3,8,10H2;4-7,9,15,20H,1-3,8,10H2. The number of alkyl halides is 1. The normalized spacial score (nSPS) is 18.4. The summed E-state index contributed by atoms with van der Waals surface area (Å²) in [6.45, 7) is 0.957. The highest BCUT2D eigenvalue weighted by Crippen LogP contribution is 2.24. The molecule has 2 aliphatic rings. The number of nitrogens with zero attached hydrogens (tertiary/aromatic N) is 4. The van der Waals surface area contributed by atoms with Gasteiger partial charge in [-0.2, -0.15) is 14.9 Å². The molecule has 232 valence electrons. The van der Waals surface area contributed by atoms with E-state index in [2.05, 4.69) is 26.1 Å². The highest BCUT2D eigenvalue weighted by atomic mass is 79.9. The zero-order chi connectivity index (χ0) is 31.1. The Labute approximate surface area is 261 Å². The molecule has 6 rings (SSSR count). The Bertz CT molecular complexity index is 1540. The van der Waals surface area contributed by atoms with Gasteiger partial charge in [-0.15, -0.1) is 0 Å². The van der Waals surface area contributed by atoms with Crippen LogP contribution in [0, 0.1) is 11.6 Å². The van der Waals surface area contributed by atoms with E-state index in [1.54, 1.807) is 30.3 Å². The molecule has 12 heteroatoms. The Balaban J connectivity index is 0.000000175. The van der Waals surface area contributed by atoms with Gasteiger partial charge in [-0.3, -0.25) is 9.59 Å². The first-order chi connectivity index (χ1) is 21.4. The van der Waals surface area contributed by atoms with Crippen LogP contribution in [0.4, 0.5) is 8.78 Å². The molecule has 2 saturated heterocycles. The second kappa shape index (κ2) is 14.9. The van der Waals surface area contributed by atoms with E-state index in [1.165, 1.54) is 39.7 Å². The lowest BCUT2D eigenvalue weighted by Gasteiger charge is -2.24. The largest absolute Gasteiger partial charge is 0.390 e. The molecule has 9 nitrogen and oxygen atoms in total. The number of aliphatic hydroxyl groups is 1. The molecule has 2 aromatic heterocycles. The molecule has 0 saturated carbocycles. The maximum Gasteiger partial charge on any atom is 0.277 e. The van der Waals surface area contributed by atoms with Crippen LogP contribution in [-0.4, -0.2) is 37.9 Å². The minimum absolute atomic E-state index is 0.205. The Morgan fingerprint density at radius 3 is 1.55 bits per heavy atom. The molecular weight excluding hydrogens is 638 g/mol. The smallest absolute Gasteiger partial charge is 0.277 e. The van der Waals surface area contributed by atoms with Crippen LogP contribution < -0.4 is 11.1 Å². The molecule has 0 aliphatic carbocycles. The fraction of sp³-hybridized carbons (Fsp3) is 0.375. The van der Waals surface area contributed by atoms with E-state index in [4.69, 9.17) is 9.47 Å². The monoisotopic (exact) mass is 670 g/mol. The molecule has 4 aromatic rings. The highest BCUT2D eigenvalue weighted by Gasteiger charge is 2.22. The molecule has 2 fully saturated rings. The number of hydrogen-bond donors (Lipinski definition) is 1. The quantitative estimate of drug-likeness (QED) is 0.255. The van der Waals surface area contributed by atoms with Crippen molar-refractivity contribution in [2.45, 2.75) is 62.9 Å². The number of ether oxygens (including phenoxy) is 2. The topological polar surface area (TPSA) is 108 Å². The second-order valence-electron chi connectivity index (χ2n) is 10.5. The van der Waals surface area contributed by atoms with Gasteiger partial charge in [0.1, 0.15) is 11.6 Å². The predicted molar refractivity (Wildman–Crippen MR) is 164 cm³/mol. The fourth-order valence-corrected chi connectivity index (χ4v) is 5.44. The van der Waals surface area contributed by atoms with Crippen LogP contribution in [0.15, 0.2) is 70.3 Å². The first kappa shape index (κ1) is 31.8. The Morgan fingerprint density at radius 2 is 1.16 bits per heavy atom. The zero-order valence-electron chi connectivity index (χ0n) is 24.0. The van der Waals surface area contributed by atoms with Gasteiger partial charge in [0.25, 0.3) is 11.1 Å². The maximum atomic E-state index is 13.1. The lowest BCUT2D eigenvalue weighted by molar-refractivity contribution is -0.0429. The van der Waals surface area contributed by atoms with Crippen molar-refractivity contribution in [3.63, 3.8) is 0 Å². The van der Waals surface area contributed by atoms with Crippen molar-refractivity contribution in [1.29, 1.82) is 0 Å². The molecular formula is C32H33BrF2N4O5. The third-order valence-corrected chi connectivity index (χ3v) is 8.01. The summed E-state index contributed by atoms with van der Waals surface area (Å²) in [5.74, 6) is -0.689. The molecule has 2 aliphatic heterocycles. The third kappa shape index (κ3) is 7.55. The number of benzene rings is 2. The molecule has 0 radical (unpaired) electrons. The van der Waals surface area contributed by atoms with Gasteiger partial charge in [-0.25, -0.2) is 13.5 Å². The molecule has 2 atom stereocenters. The average Bonchev–Trinajstić information content (AvgIpc) is 3.07. The van der Waals surface area contributed by atoms with Gasteiger partial charge in [0.15, 0.2) is 12.5 Å². The number of aromatic nitrogens is 4. The number of rotatable bonds is 6. The number of aliphatic hydroxyl groups excluding tert-OH is 1. The van der Waals surface area contributed by atoms with Crippen molar-refractivity contribution in [2.24, 2.45) is 0 Å². The summed E-state index contributed by atoms with van der Waals surface area (Å²) in [4.78, 5) is 25.4. The Hall–Kier alpha value is -3.58. The predicted octanol–water partition coefficient (Wildman–Crippen LogP) is 5.88. The summed E-state index contributed by atoms with van der Waals surface area (Å²) >= 11 is 3.38. The van der Waals surface area contributed by atoms with Gasteiger partial charge in [0.05, 0.1) is 29.1 Å². The maximum absolute atomic E-state index is 13.1. The first-order valence-electron chi connectivity index (χ1n) is 14.6. The Kier molecular flexibility index (Phi) is 10.8. The average molecular weight is 672 g/mol. The van der Waals surface area contributed by atoms with Gasteiger partial charge >= 0.3 is 0 Å². The van der Waals surface area contributed by atoms with Gasteiger partial charge in [0.2, 0.25) is 0 Å².